The van der Waals surface area contributed by atoms with Crippen LogP contribution in [0.15, 0.2) is 0 Å². The summed E-state index contributed by atoms with van der Waals surface area (Å²) in [6, 6.07) is -0.402. The van der Waals surface area contributed by atoms with Gasteiger partial charge in [-0.05, 0) is 18.1 Å². The van der Waals surface area contributed by atoms with E-state index in [1.54, 1.807) is 0 Å². The van der Waals surface area contributed by atoms with Crippen molar-refractivity contribution in [2.45, 2.75) is 64.4 Å². The lowest BCUT2D eigenvalue weighted by atomic mass is 9.97. The fourth-order valence-electron chi connectivity index (χ4n) is 2.44. The second-order valence-corrected chi connectivity index (χ2v) is 7.78. The first-order valence-electron chi connectivity index (χ1n) is 8.13. The van der Waals surface area contributed by atoms with Crippen LogP contribution in [0.3, 0.4) is 0 Å². The Labute approximate surface area is 142 Å². The van der Waals surface area contributed by atoms with E-state index < -0.39 is 0 Å². The summed E-state index contributed by atoms with van der Waals surface area (Å²) in [5.74, 6) is -0.0910. The molecule has 0 saturated carbocycles. The third-order valence-electron chi connectivity index (χ3n) is 4.09. The number of amides is 3. The molecule has 23 heavy (non-hydrogen) atoms. The first-order chi connectivity index (χ1) is 10.7. The molecule has 0 aliphatic carbocycles. The average molecular weight is 343 g/mol. The molecule has 3 amide bonds. The summed E-state index contributed by atoms with van der Waals surface area (Å²) < 4.78 is 0. The quantitative estimate of drug-likeness (QED) is 0.720. The summed E-state index contributed by atoms with van der Waals surface area (Å²) >= 11 is 1.44. The summed E-state index contributed by atoms with van der Waals surface area (Å²) in [4.78, 5) is 36.6. The van der Waals surface area contributed by atoms with Gasteiger partial charge in [0.2, 0.25) is 17.7 Å². The van der Waals surface area contributed by atoms with E-state index in [9.17, 15) is 14.4 Å². The maximum Gasteiger partial charge on any atom is 0.223 e. The molecule has 0 radical (unpaired) electrons. The van der Waals surface area contributed by atoms with Crippen molar-refractivity contribution in [2.75, 3.05) is 6.26 Å². The minimum atomic E-state index is -0.252. The molecular weight excluding hydrogens is 314 g/mol. The summed E-state index contributed by atoms with van der Waals surface area (Å²) in [5.41, 5.74) is 0. The lowest BCUT2D eigenvalue weighted by molar-refractivity contribution is -0.126. The fourth-order valence-corrected chi connectivity index (χ4v) is 3.01. The van der Waals surface area contributed by atoms with Crippen molar-refractivity contribution in [1.29, 1.82) is 0 Å². The Kier molecular flexibility index (Phi) is 7.88. The zero-order valence-corrected chi connectivity index (χ0v) is 15.5. The highest BCUT2D eigenvalue weighted by molar-refractivity contribution is 7.99. The average Bonchev–Trinajstić information content (AvgIpc) is 2.43. The van der Waals surface area contributed by atoms with Gasteiger partial charge in [-0.2, -0.15) is 0 Å². The van der Waals surface area contributed by atoms with Crippen molar-refractivity contribution in [3.05, 3.63) is 0 Å². The minimum absolute atomic E-state index is 0.127. The molecule has 0 aromatic rings. The van der Waals surface area contributed by atoms with Crippen molar-refractivity contribution in [1.82, 2.24) is 16.0 Å². The summed E-state index contributed by atoms with van der Waals surface area (Å²) in [5, 5.41) is 8.48. The topological polar surface area (TPSA) is 87.3 Å². The largest absolute Gasteiger partial charge is 0.353 e. The van der Waals surface area contributed by atoms with Crippen LogP contribution in [0.5, 0.6) is 0 Å². The van der Waals surface area contributed by atoms with Crippen LogP contribution in [0, 0.1) is 11.8 Å². The van der Waals surface area contributed by atoms with E-state index in [4.69, 9.17) is 0 Å². The smallest absolute Gasteiger partial charge is 0.223 e. The van der Waals surface area contributed by atoms with Crippen LogP contribution in [0.4, 0.5) is 0 Å². The number of hydrogen-bond acceptors (Lipinski definition) is 4. The van der Waals surface area contributed by atoms with Gasteiger partial charge in [0.15, 0.2) is 0 Å². The van der Waals surface area contributed by atoms with Gasteiger partial charge in [0, 0.05) is 24.9 Å². The van der Waals surface area contributed by atoms with Gasteiger partial charge >= 0.3 is 0 Å². The molecule has 0 aromatic heterocycles. The highest BCUT2D eigenvalue weighted by Crippen LogP contribution is 2.14. The van der Waals surface area contributed by atoms with Crippen molar-refractivity contribution < 1.29 is 14.4 Å². The Bertz CT molecular complexity index is 404. The molecule has 1 saturated heterocycles. The monoisotopic (exact) mass is 343 g/mol. The van der Waals surface area contributed by atoms with Gasteiger partial charge in [0.1, 0.15) is 0 Å². The molecule has 1 aliphatic rings. The second kappa shape index (κ2) is 9.15. The summed E-state index contributed by atoms with van der Waals surface area (Å²) in [6.45, 7) is 7.94. The van der Waals surface area contributed by atoms with Crippen LogP contribution < -0.4 is 16.0 Å². The SMILES string of the molecule is CSC1CC(=O)NC(C(C)C)CC(=O)NC(C(C)C)CC(=O)N1. The number of nitrogens with one attached hydrogen (secondary N) is 3. The molecule has 0 aromatic carbocycles. The van der Waals surface area contributed by atoms with E-state index in [1.807, 2.05) is 34.0 Å². The number of carbonyl (C=O) groups is 3. The van der Waals surface area contributed by atoms with Gasteiger partial charge < -0.3 is 16.0 Å². The van der Waals surface area contributed by atoms with Gasteiger partial charge in [-0.25, -0.2) is 0 Å². The van der Waals surface area contributed by atoms with Crippen molar-refractivity contribution in [3.63, 3.8) is 0 Å². The maximum atomic E-state index is 12.3. The third kappa shape index (κ3) is 6.81. The molecule has 0 spiro atoms. The van der Waals surface area contributed by atoms with Crippen LogP contribution >= 0.6 is 11.8 Å². The molecule has 7 heteroatoms. The van der Waals surface area contributed by atoms with Gasteiger partial charge in [-0.15, -0.1) is 11.8 Å². The predicted molar refractivity (Wildman–Crippen MR) is 92.8 cm³/mol. The molecule has 3 N–H and O–H groups in total. The van der Waals surface area contributed by atoms with E-state index in [0.717, 1.165) is 0 Å². The van der Waals surface area contributed by atoms with Crippen LogP contribution in [0.1, 0.15) is 47.0 Å². The van der Waals surface area contributed by atoms with E-state index in [-0.39, 0.29) is 66.3 Å². The molecule has 1 rings (SSSR count). The molecule has 1 fully saturated rings. The number of hydrogen-bond donors (Lipinski definition) is 3. The van der Waals surface area contributed by atoms with Crippen LogP contribution in [0.25, 0.3) is 0 Å². The molecule has 1 aliphatic heterocycles. The first kappa shape index (κ1) is 19.8. The molecule has 0 bridgehead atoms. The lowest BCUT2D eigenvalue weighted by Gasteiger charge is -2.28. The molecule has 1 heterocycles. The first-order valence-corrected chi connectivity index (χ1v) is 9.42. The second-order valence-electron chi connectivity index (χ2n) is 6.74. The Balaban J connectivity index is 2.95. The Hall–Kier alpha value is -1.24. The van der Waals surface area contributed by atoms with Crippen molar-refractivity contribution >= 4 is 29.5 Å². The van der Waals surface area contributed by atoms with E-state index in [2.05, 4.69) is 16.0 Å². The highest BCUT2D eigenvalue weighted by Gasteiger charge is 2.27. The normalized spacial score (nSPS) is 27.8. The van der Waals surface area contributed by atoms with Crippen molar-refractivity contribution in [2.24, 2.45) is 11.8 Å². The molecule has 3 atom stereocenters. The zero-order chi connectivity index (χ0) is 17.6. The Morgan fingerprint density at radius 2 is 1.17 bits per heavy atom. The van der Waals surface area contributed by atoms with Gasteiger partial charge in [-0.3, -0.25) is 14.4 Å². The molecule has 132 valence electrons. The zero-order valence-electron chi connectivity index (χ0n) is 14.6. The van der Waals surface area contributed by atoms with Gasteiger partial charge in [0.05, 0.1) is 11.8 Å². The van der Waals surface area contributed by atoms with Gasteiger partial charge in [-0.1, -0.05) is 27.7 Å². The Morgan fingerprint density at radius 1 is 0.783 bits per heavy atom. The fraction of sp³-hybridized carbons (Fsp3) is 0.812. The van der Waals surface area contributed by atoms with E-state index in [0.29, 0.717) is 0 Å². The molecule has 6 nitrogen and oxygen atoms in total. The Morgan fingerprint density at radius 3 is 1.57 bits per heavy atom. The molecular formula is C16H29N3O3S. The lowest BCUT2D eigenvalue weighted by Crippen LogP contribution is -2.49. The summed E-state index contributed by atoms with van der Waals surface area (Å²) in [6.07, 6.45) is 2.54. The van der Waals surface area contributed by atoms with E-state index >= 15 is 0 Å². The van der Waals surface area contributed by atoms with Crippen molar-refractivity contribution in [3.8, 4) is 0 Å². The standard InChI is InChI=1S/C16H29N3O3S/c1-9(2)11-6-13(20)17-12(10(3)4)7-14(21)19-16(23-5)8-15(22)18-11/h9-12,16H,6-8H2,1-5H3,(H,17,20)(H,18,22)(H,19,21). The number of carbonyl (C=O) groups excluding carboxylic acids is 3. The highest BCUT2D eigenvalue weighted by atomic mass is 32.2. The number of thioether (sulfide) groups is 1. The third-order valence-corrected chi connectivity index (χ3v) is 4.94. The van der Waals surface area contributed by atoms with Gasteiger partial charge in [0.25, 0.3) is 0 Å². The minimum Gasteiger partial charge on any atom is -0.353 e. The summed E-state index contributed by atoms with van der Waals surface area (Å²) in [7, 11) is 0. The van der Waals surface area contributed by atoms with Crippen LogP contribution in [0.2, 0.25) is 0 Å². The van der Waals surface area contributed by atoms with Crippen LogP contribution in [-0.4, -0.2) is 41.4 Å². The maximum absolute atomic E-state index is 12.3. The van der Waals surface area contributed by atoms with E-state index in [1.165, 1.54) is 11.8 Å². The molecule has 3 unspecified atom stereocenters. The van der Waals surface area contributed by atoms with Crippen LogP contribution in [-0.2, 0) is 14.4 Å². The number of rotatable bonds is 3. The predicted octanol–water partition coefficient (Wildman–Crippen LogP) is 1.26.